The minimum absolute atomic E-state index is 0.0875. The van der Waals surface area contributed by atoms with Crippen LogP contribution in [0.4, 0.5) is 0 Å². The van der Waals surface area contributed by atoms with Crippen LogP contribution < -0.4 is 0 Å². The number of aliphatic hydroxyl groups is 1. The van der Waals surface area contributed by atoms with Gasteiger partial charge in [0, 0.05) is 18.8 Å². The smallest absolute Gasteiger partial charge is 0.504 e. The third-order valence-electron chi connectivity index (χ3n) is 9.24. The minimum atomic E-state index is -0.757. The quantitative estimate of drug-likeness (QED) is 0.299. The lowest BCUT2D eigenvalue weighted by atomic mass is 9.45. The molecule has 6 heteroatoms. The van der Waals surface area contributed by atoms with E-state index in [0.717, 1.165) is 51.4 Å². The molecule has 0 heterocycles. The summed E-state index contributed by atoms with van der Waals surface area (Å²) < 4.78 is 5.58. The number of hydrogen-bond acceptors (Lipinski definition) is 5. The molecule has 0 bridgehead atoms. The number of Topliss-reactive ketones (excluding diaryl/α,β-unsaturated/α-hetero) is 1. The van der Waals surface area contributed by atoms with E-state index < -0.39 is 11.7 Å². The molecule has 29 heavy (non-hydrogen) atoms. The Morgan fingerprint density at radius 2 is 1.90 bits per heavy atom. The second-order valence-corrected chi connectivity index (χ2v) is 10.4. The number of nitrogens with zero attached hydrogens (tertiary/aromatic N) is 2. The minimum Gasteiger partial charge on any atom is -0.505 e. The molecule has 0 spiro atoms. The molecule has 4 rings (SSSR count). The highest BCUT2D eigenvalue weighted by Gasteiger charge is 2.60. The molecule has 0 aromatic heterocycles. The summed E-state index contributed by atoms with van der Waals surface area (Å²) in [6.45, 7) is 5.95. The van der Waals surface area contributed by atoms with Gasteiger partial charge in [-0.2, -0.15) is 0 Å². The number of carbonyl (C=O) groups excluding carboxylic acids is 2. The van der Waals surface area contributed by atoms with Crippen LogP contribution in [0.15, 0.2) is 11.5 Å². The van der Waals surface area contributed by atoms with Gasteiger partial charge >= 0.3 is 11.7 Å². The van der Waals surface area contributed by atoms with Crippen molar-refractivity contribution in [2.45, 2.75) is 84.7 Å². The Balaban J connectivity index is 1.47. The molecule has 0 saturated heterocycles. The van der Waals surface area contributed by atoms with Gasteiger partial charge in [-0.1, -0.05) is 13.8 Å². The number of allylic oxidation sites excluding steroid dienone is 1. The Labute approximate surface area is 172 Å². The van der Waals surface area contributed by atoms with Crippen LogP contribution in [-0.4, -0.2) is 23.0 Å². The second-order valence-electron chi connectivity index (χ2n) is 10.4. The van der Waals surface area contributed by atoms with Crippen molar-refractivity contribution in [3.05, 3.63) is 16.4 Å². The number of ketones is 1. The van der Waals surface area contributed by atoms with Crippen LogP contribution in [-0.2, 0) is 14.3 Å². The molecule has 0 aromatic carbocycles. The van der Waals surface area contributed by atoms with Crippen LogP contribution in [0.1, 0.15) is 78.6 Å². The first kappa shape index (κ1) is 20.4. The Hall–Kier alpha value is -1.90. The van der Waals surface area contributed by atoms with Crippen LogP contribution in [0.5, 0.6) is 0 Å². The van der Waals surface area contributed by atoms with Crippen molar-refractivity contribution in [2.75, 3.05) is 0 Å². The molecule has 0 aliphatic heterocycles. The first-order valence-electron chi connectivity index (χ1n) is 11.2. The molecule has 4 fully saturated rings. The molecule has 4 aliphatic rings. The maximum atomic E-state index is 12.5. The van der Waals surface area contributed by atoms with Gasteiger partial charge in [-0.15, -0.1) is 0 Å². The summed E-state index contributed by atoms with van der Waals surface area (Å²) in [7, 11) is 0. The summed E-state index contributed by atoms with van der Waals surface area (Å²) in [6, 6.07) is 0. The SMILES string of the molecule is C/C(O)=C(\[N+]#N)C(=O)O[C@H]1CC[C@@]2(C)[C@@H](CC[C@@H]3[C@@H]2CC[C@]2(C)C(=O)CC[C@@H]32)C1. The highest BCUT2D eigenvalue weighted by molar-refractivity contribution is 5.90. The van der Waals surface area contributed by atoms with Gasteiger partial charge in [0.25, 0.3) is 0 Å². The van der Waals surface area contributed by atoms with E-state index in [0.29, 0.717) is 29.5 Å². The Morgan fingerprint density at radius 1 is 1.14 bits per heavy atom. The summed E-state index contributed by atoms with van der Waals surface area (Å²) in [5.41, 5.74) is -0.263. The van der Waals surface area contributed by atoms with Gasteiger partial charge < -0.3 is 9.84 Å². The number of esters is 1. The lowest BCUT2D eigenvalue weighted by molar-refractivity contribution is -0.158. The summed E-state index contributed by atoms with van der Waals surface area (Å²) in [5.74, 6) is 1.76. The average Bonchev–Trinajstić information content (AvgIpc) is 2.97. The largest absolute Gasteiger partial charge is 0.505 e. The highest BCUT2D eigenvalue weighted by atomic mass is 16.5. The second kappa shape index (κ2) is 7.11. The molecule has 0 unspecified atom stereocenters. The zero-order chi connectivity index (χ0) is 21.0. The Bertz CT molecular complexity index is 795. The number of hydrogen-bond donors (Lipinski definition) is 1. The molecule has 0 amide bonds. The average molecular weight is 402 g/mol. The van der Waals surface area contributed by atoms with Crippen LogP contribution in [0.25, 0.3) is 4.98 Å². The fraction of sp³-hybridized carbons (Fsp3) is 0.826. The summed E-state index contributed by atoms with van der Waals surface area (Å²) >= 11 is 0. The molecular formula is C23H33N2O4+. The molecule has 1 N–H and O–H groups in total. The molecule has 0 aromatic rings. The lowest BCUT2D eigenvalue weighted by Gasteiger charge is -2.60. The monoisotopic (exact) mass is 401 g/mol. The van der Waals surface area contributed by atoms with Crippen molar-refractivity contribution in [1.82, 2.24) is 0 Å². The van der Waals surface area contributed by atoms with Crippen molar-refractivity contribution >= 4 is 11.8 Å². The number of rotatable bonds is 2. The van der Waals surface area contributed by atoms with Gasteiger partial charge in [0.05, 0.1) is 0 Å². The van der Waals surface area contributed by atoms with Gasteiger partial charge in [-0.05, 0) is 80.5 Å². The molecule has 7 atom stereocenters. The van der Waals surface area contributed by atoms with Crippen molar-refractivity contribution in [3.63, 3.8) is 0 Å². The van der Waals surface area contributed by atoms with Crippen molar-refractivity contribution < 1.29 is 19.4 Å². The van der Waals surface area contributed by atoms with Crippen molar-refractivity contribution in [3.8, 4) is 0 Å². The highest BCUT2D eigenvalue weighted by Crippen LogP contribution is 2.65. The number of fused-ring (bicyclic) bond motifs is 5. The number of carbonyl (C=O) groups is 2. The van der Waals surface area contributed by atoms with Crippen LogP contribution in [0, 0.1) is 39.9 Å². The van der Waals surface area contributed by atoms with Gasteiger partial charge in [-0.3, -0.25) is 4.79 Å². The van der Waals surface area contributed by atoms with Gasteiger partial charge in [0.2, 0.25) is 5.39 Å². The van der Waals surface area contributed by atoms with Gasteiger partial charge in [0.15, 0.2) is 10.7 Å². The molecule has 4 aliphatic carbocycles. The summed E-state index contributed by atoms with van der Waals surface area (Å²) in [4.78, 5) is 27.6. The topological polar surface area (TPSA) is 91.8 Å². The molecule has 158 valence electrons. The number of aliphatic hydroxyl groups excluding tert-OH is 1. The van der Waals surface area contributed by atoms with E-state index in [4.69, 9.17) is 10.1 Å². The maximum Gasteiger partial charge on any atom is 0.504 e. The first-order valence-corrected chi connectivity index (χ1v) is 11.2. The lowest BCUT2D eigenvalue weighted by Crippen LogP contribution is -2.54. The van der Waals surface area contributed by atoms with Crippen LogP contribution in [0.3, 0.4) is 0 Å². The maximum absolute atomic E-state index is 12.5. The third-order valence-corrected chi connectivity index (χ3v) is 9.24. The molecule has 0 radical (unpaired) electrons. The van der Waals surface area contributed by atoms with E-state index in [-0.39, 0.29) is 22.7 Å². The van der Waals surface area contributed by atoms with E-state index in [1.165, 1.54) is 13.3 Å². The summed E-state index contributed by atoms with van der Waals surface area (Å²) in [5, 5.41) is 18.4. The van der Waals surface area contributed by atoms with Crippen LogP contribution in [0.2, 0.25) is 0 Å². The normalized spacial score (nSPS) is 44.6. The summed E-state index contributed by atoms with van der Waals surface area (Å²) in [6.07, 6.45) is 8.74. The van der Waals surface area contributed by atoms with E-state index in [1.54, 1.807) is 0 Å². The number of ether oxygens (including phenoxy) is 1. The zero-order valence-corrected chi connectivity index (χ0v) is 17.8. The predicted molar refractivity (Wildman–Crippen MR) is 107 cm³/mol. The van der Waals surface area contributed by atoms with E-state index in [9.17, 15) is 14.7 Å². The van der Waals surface area contributed by atoms with Crippen LogP contribution >= 0.6 is 0 Å². The zero-order valence-electron chi connectivity index (χ0n) is 17.8. The fourth-order valence-electron chi connectivity index (χ4n) is 7.56. The van der Waals surface area contributed by atoms with E-state index >= 15 is 0 Å². The standard InChI is InChI=1S/C23H32N2O4/c1-13(26)20(25-24)21(28)29-15-8-10-22(2)14(12-15)4-5-16-17-6-7-19(27)23(17,3)11-9-18(16)22/h14-18H,4-12H2,1-3H3/p+1/t14-,15-,16-,17-,18-,22-,23-/m0/s1. The third kappa shape index (κ3) is 3.08. The Morgan fingerprint density at radius 3 is 2.59 bits per heavy atom. The van der Waals surface area contributed by atoms with Crippen molar-refractivity contribution in [1.29, 1.82) is 5.39 Å². The number of diazo groups is 1. The van der Waals surface area contributed by atoms with Gasteiger partial charge in [-0.25, -0.2) is 4.79 Å². The predicted octanol–water partition coefficient (Wildman–Crippen LogP) is 5.15. The molecule has 6 nitrogen and oxygen atoms in total. The van der Waals surface area contributed by atoms with Crippen molar-refractivity contribution in [2.24, 2.45) is 34.5 Å². The molecular weight excluding hydrogens is 368 g/mol. The van der Waals surface area contributed by atoms with E-state index in [2.05, 4.69) is 18.8 Å². The molecule has 4 saturated carbocycles. The first-order chi connectivity index (χ1) is 13.7. The fourth-order valence-corrected chi connectivity index (χ4v) is 7.56. The van der Waals surface area contributed by atoms with Gasteiger partial charge in [0.1, 0.15) is 11.9 Å². The van der Waals surface area contributed by atoms with E-state index in [1.807, 2.05) is 0 Å². The Kier molecular flexibility index (Phi) is 4.99.